The highest BCUT2D eigenvalue weighted by Crippen LogP contribution is 2.19. The molecular formula is C76H147NO5. The molecule has 0 aromatic heterocycles. The van der Waals surface area contributed by atoms with Crippen molar-refractivity contribution in [1.82, 2.24) is 5.32 Å². The van der Waals surface area contributed by atoms with Gasteiger partial charge in [-0.1, -0.05) is 378 Å². The number of unbranched alkanes of at least 4 members (excludes halogenated alkanes) is 58. The molecule has 1 amide bonds. The third-order valence-corrected chi connectivity index (χ3v) is 17.7. The lowest BCUT2D eigenvalue weighted by molar-refractivity contribution is -0.143. The van der Waals surface area contributed by atoms with Gasteiger partial charge in [-0.05, 0) is 57.8 Å². The molecule has 0 bridgehead atoms. The van der Waals surface area contributed by atoms with Crippen molar-refractivity contribution >= 4 is 11.9 Å². The Kier molecular flexibility index (Phi) is 70.4. The van der Waals surface area contributed by atoms with Gasteiger partial charge in [0.1, 0.15) is 0 Å². The number of carbonyl (C=O) groups is 2. The SMILES string of the molecule is CCCCCCCCCCCCCCCCCC/C=C/C(O)C(CO)NC(=O)CCCCCCCCCCCCCCCCC/C=C\CCCCCCCCCCCCCCOC(=O)CCCCCCCCCCCCCCCCCC. The van der Waals surface area contributed by atoms with Crippen molar-refractivity contribution in [1.29, 1.82) is 0 Å². The van der Waals surface area contributed by atoms with Gasteiger partial charge in [0.15, 0.2) is 0 Å². The van der Waals surface area contributed by atoms with Gasteiger partial charge >= 0.3 is 5.97 Å². The fraction of sp³-hybridized carbons (Fsp3) is 0.921. The summed E-state index contributed by atoms with van der Waals surface area (Å²) >= 11 is 0. The van der Waals surface area contributed by atoms with Gasteiger partial charge in [-0.3, -0.25) is 9.59 Å². The van der Waals surface area contributed by atoms with Crippen LogP contribution in [0.2, 0.25) is 0 Å². The highest BCUT2D eigenvalue weighted by Gasteiger charge is 2.18. The van der Waals surface area contributed by atoms with E-state index in [1.807, 2.05) is 6.08 Å². The molecule has 2 unspecified atom stereocenters. The van der Waals surface area contributed by atoms with E-state index < -0.39 is 12.1 Å². The third-order valence-electron chi connectivity index (χ3n) is 17.7. The van der Waals surface area contributed by atoms with E-state index in [2.05, 4.69) is 31.3 Å². The van der Waals surface area contributed by atoms with Crippen molar-refractivity contribution in [3.63, 3.8) is 0 Å². The molecule has 0 radical (unpaired) electrons. The van der Waals surface area contributed by atoms with Gasteiger partial charge in [-0.25, -0.2) is 0 Å². The normalized spacial score (nSPS) is 12.6. The molecular weight excluding hydrogens is 1010 g/mol. The summed E-state index contributed by atoms with van der Waals surface area (Å²) in [5.41, 5.74) is 0. The largest absolute Gasteiger partial charge is 0.466 e. The van der Waals surface area contributed by atoms with E-state index in [1.165, 1.54) is 360 Å². The van der Waals surface area contributed by atoms with Crippen molar-refractivity contribution in [2.45, 2.75) is 437 Å². The molecule has 0 aliphatic carbocycles. The summed E-state index contributed by atoms with van der Waals surface area (Å²) in [6.07, 6.45) is 91.4. The number of amides is 1. The molecule has 486 valence electrons. The lowest BCUT2D eigenvalue weighted by Gasteiger charge is -2.20. The molecule has 0 aromatic rings. The van der Waals surface area contributed by atoms with Crippen LogP contribution < -0.4 is 5.32 Å². The first-order chi connectivity index (χ1) is 40.5. The number of hydrogen-bond donors (Lipinski definition) is 3. The number of esters is 1. The van der Waals surface area contributed by atoms with Crippen molar-refractivity contribution in [2.24, 2.45) is 0 Å². The molecule has 6 heteroatoms. The van der Waals surface area contributed by atoms with E-state index in [-0.39, 0.29) is 18.5 Å². The number of carbonyl (C=O) groups excluding carboxylic acids is 2. The van der Waals surface area contributed by atoms with Crippen LogP contribution in [-0.4, -0.2) is 47.4 Å². The van der Waals surface area contributed by atoms with Gasteiger partial charge in [-0.2, -0.15) is 0 Å². The lowest BCUT2D eigenvalue weighted by atomic mass is 10.0. The molecule has 0 aromatic carbocycles. The monoisotopic (exact) mass is 1150 g/mol. The molecule has 82 heavy (non-hydrogen) atoms. The second-order valence-corrected chi connectivity index (χ2v) is 26.0. The van der Waals surface area contributed by atoms with Crippen LogP contribution in [0.3, 0.4) is 0 Å². The van der Waals surface area contributed by atoms with Gasteiger partial charge < -0.3 is 20.3 Å². The lowest BCUT2D eigenvalue weighted by Crippen LogP contribution is -2.45. The number of ether oxygens (including phenoxy) is 1. The molecule has 0 spiro atoms. The van der Waals surface area contributed by atoms with Crippen LogP contribution in [0.15, 0.2) is 24.3 Å². The molecule has 0 aliphatic heterocycles. The Balaban J connectivity index is 3.36. The summed E-state index contributed by atoms with van der Waals surface area (Å²) in [5.74, 6) is -0.0404. The summed E-state index contributed by atoms with van der Waals surface area (Å²) in [6.45, 7) is 4.95. The van der Waals surface area contributed by atoms with Crippen LogP contribution >= 0.6 is 0 Å². The summed E-state index contributed by atoms with van der Waals surface area (Å²) in [7, 11) is 0. The number of hydrogen-bond acceptors (Lipinski definition) is 5. The van der Waals surface area contributed by atoms with Crippen LogP contribution in [0.25, 0.3) is 0 Å². The Morgan fingerprint density at radius 3 is 0.866 bits per heavy atom. The number of rotatable bonds is 71. The molecule has 3 N–H and O–H groups in total. The van der Waals surface area contributed by atoms with Crippen molar-refractivity contribution in [3.8, 4) is 0 Å². The molecule has 2 atom stereocenters. The van der Waals surface area contributed by atoms with E-state index in [0.29, 0.717) is 19.4 Å². The predicted octanol–water partition coefficient (Wildman–Crippen LogP) is 24.5. The van der Waals surface area contributed by atoms with Crippen LogP contribution in [0.5, 0.6) is 0 Å². The van der Waals surface area contributed by atoms with E-state index >= 15 is 0 Å². The quantitative estimate of drug-likeness (QED) is 0.0320. The predicted molar refractivity (Wildman–Crippen MR) is 361 cm³/mol. The van der Waals surface area contributed by atoms with Crippen molar-refractivity contribution < 1.29 is 24.5 Å². The molecule has 0 fully saturated rings. The zero-order valence-electron chi connectivity index (χ0n) is 55.8. The van der Waals surface area contributed by atoms with Crippen LogP contribution in [0, 0.1) is 0 Å². The summed E-state index contributed by atoms with van der Waals surface area (Å²) < 4.78 is 5.51. The Morgan fingerprint density at radius 1 is 0.329 bits per heavy atom. The summed E-state index contributed by atoms with van der Waals surface area (Å²) in [5, 5.41) is 23.2. The number of aliphatic hydroxyl groups excluding tert-OH is 2. The Bertz CT molecular complexity index is 1280. The maximum absolute atomic E-state index is 12.5. The van der Waals surface area contributed by atoms with Crippen LogP contribution in [0.4, 0.5) is 0 Å². The Hall–Kier alpha value is -1.66. The number of aliphatic hydroxyl groups is 2. The molecule has 0 saturated carbocycles. The molecule has 0 saturated heterocycles. The minimum absolute atomic E-state index is 0.0217. The van der Waals surface area contributed by atoms with E-state index in [1.54, 1.807) is 6.08 Å². The van der Waals surface area contributed by atoms with Crippen molar-refractivity contribution in [3.05, 3.63) is 24.3 Å². The fourth-order valence-electron chi connectivity index (χ4n) is 12.0. The second kappa shape index (κ2) is 71.8. The average Bonchev–Trinajstić information content (AvgIpc) is 3.48. The summed E-state index contributed by atoms with van der Waals surface area (Å²) in [4.78, 5) is 24.6. The van der Waals surface area contributed by atoms with Gasteiger partial charge in [-0.15, -0.1) is 0 Å². The highest BCUT2D eigenvalue weighted by atomic mass is 16.5. The van der Waals surface area contributed by atoms with Crippen molar-refractivity contribution in [2.75, 3.05) is 13.2 Å². The van der Waals surface area contributed by atoms with Gasteiger partial charge in [0, 0.05) is 12.8 Å². The maximum atomic E-state index is 12.5. The van der Waals surface area contributed by atoms with Gasteiger partial charge in [0.25, 0.3) is 0 Å². The van der Waals surface area contributed by atoms with Gasteiger partial charge in [0.2, 0.25) is 5.91 Å². The first-order valence-electron chi connectivity index (χ1n) is 37.6. The maximum Gasteiger partial charge on any atom is 0.305 e. The standard InChI is InChI=1S/C76H147NO5/c1-3-5-7-9-11-13-15-17-19-21-37-40-44-48-52-56-60-64-68-74(79)73(72-78)77-75(80)69-65-61-57-53-49-45-41-38-35-33-31-29-27-25-23-22-24-26-28-30-32-34-36-39-43-47-51-55-59-63-67-71-82-76(81)70-66-62-58-54-50-46-42-20-18-16-14-12-10-8-6-4-2/h24,26,64,68,73-74,78-79H,3-23,25,27-63,65-67,69-72H2,1-2H3,(H,77,80)/b26-24-,68-64+. The number of nitrogens with one attached hydrogen (secondary N) is 1. The highest BCUT2D eigenvalue weighted by molar-refractivity contribution is 5.76. The first kappa shape index (κ1) is 80.3. The minimum atomic E-state index is -0.843. The van der Waals surface area contributed by atoms with Crippen LogP contribution in [0.1, 0.15) is 425 Å². The minimum Gasteiger partial charge on any atom is -0.466 e. The molecule has 0 rings (SSSR count). The smallest absolute Gasteiger partial charge is 0.305 e. The third kappa shape index (κ3) is 67.5. The molecule has 0 aliphatic rings. The summed E-state index contributed by atoms with van der Waals surface area (Å²) in [6, 6.07) is -0.626. The second-order valence-electron chi connectivity index (χ2n) is 26.0. The Labute approximate surface area is 513 Å². The fourth-order valence-corrected chi connectivity index (χ4v) is 12.0. The van der Waals surface area contributed by atoms with E-state index in [0.717, 1.165) is 38.5 Å². The zero-order chi connectivity index (χ0) is 59.2. The van der Waals surface area contributed by atoms with E-state index in [9.17, 15) is 19.8 Å². The van der Waals surface area contributed by atoms with Crippen LogP contribution in [-0.2, 0) is 14.3 Å². The zero-order valence-corrected chi connectivity index (χ0v) is 55.8. The van der Waals surface area contributed by atoms with E-state index in [4.69, 9.17) is 4.74 Å². The molecule has 6 nitrogen and oxygen atoms in total. The topological polar surface area (TPSA) is 95.9 Å². The van der Waals surface area contributed by atoms with Gasteiger partial charge in [0.05, 0.1) is 25.4 Å². The number of allylic oxidation sites excluding steroid dienone is 3. The molecule has 0 heterocycles. The first-order valence-corrected chi connectivity index (χ1v) is 37.6. The average molecular weight is 1160 g/mol. The Morgan fingerprint density at radius 2 is 0.573 bits per heavy atom.